The summed E-state index contributed by atoms with van der Waals surface area (Å²) in [7, 11) is 0. The molecule has 0 unspecified atom stereocenters. The second-order valence-electron chi connectivity index (χ2n) is 18.8. The Hall–Kier alpha value is -8.59. The number of isocyanates is 1. The van der Waals surface area contributed by atoms with Crippen molar-refractivity contribution in [1.29, 1.82) is 0 Å². The third-order valence-electron chi connectivity index (χ3n) is 13.7. The summed E-state index contributed by atoms with van der Waals surface area (Å²) >= 11 is 0. The highest BCUT2D eigenvalue weighted by molar-refractivity contribution is 5.86. The van der Waals surface area contributed by atoms with Gasteiger partial charge in [-0.05, 0) is 172 Å². The predicted molar refractivity (Wildman–Crippen MR) is 330 cm³/mol. The molecular formula is C64H81N12O4-. The van der Waals surface area contributed by atoms with Crippen LogP contribution in [0.5, 0.6) is 0 Å². The fraction of sp³-hybridized carbons (Fsp3) is 0.344. The van der Waals surface area contributed by atoms with Crippen LogP contribution in [0.15, 0.2) is 138 Å². The maximum atomic E-state index is 12.2. The first kappa shape index (κ1) is 60.6. The molecular weight excluding hydrogens is 1000 g/mol. The second kappa shape index (κ2) is 30.5. The Labute approximate surface area is 472 Å². The number of carbonyl (C=O) groups is 1. The number of rotatable bonds is 16. The fourth-order valence-corrected chi connectivity index (χ4v) is 9.67. The monoisotopic (exact) mass is 1080 g/mol. The first-order chi connectivity index (χ1) is 38.8. The lowest BCUT2D eigenvalue weighted by Gasteiger charge is -2.22. The van der Waals surface area contributed by atoms with Crippen molar-refractivity contribution >= 4 is 79.1 Å². The topological polar surface area (TPSA) is 177 Å². The van der Waals surface area contributed by atoms with Crippen molar-refractivity contribution < 1.29 is 20.9 Å². The number of imidazole rings is 4. The van der Waals surface area contributed by atoms with Gasteiger partial charge in [-0.15, -0.1) is 0 Å². The second-order valence-corrected chi connectivity index (χ2v) is 18.8. The quantitative estimate of drug-likeness (QED) is 0.0623. The number of benzene rings is 6. The number of aliphatic hydroxyl groups is 1. The summed E-state index contributed by atoms with van der Waals surface area (Å²) in [4.78, 5) is 51.6. The largest absolute Gasteiger partial charge is 1.00 e. The number of aliphatic hydroxyl groups excluding tert-OH is 1. The van der Waals surface area contributed by atoms with E-state index < -0.39 is 6.09 Å². The van der Waals surface area contributed by atoms with Gasteiger partial charge in [0.25, 0.3) is 0 Å². The summed E-state index contributed by atoms with van der Waals surface area (Å²) < 4.78 is 11.9. The number of nitrogens with zero attached hydrogens (tertiary/aromatic N) is 10. The maximum absolute atomic E-state index is 12.2. The van der Waals surface area contributed by atoms with Gasteiger partial charge in [0.15, 0.2) is 0 Å². The van der Waals surface area contributed by atoms with Crippen LogP contribution in [0.25, 0.3) is 44.1 Å². The molecule has 1 amide bonds. The van der Waals surface area contributed by atoms with Gasteiger partial charge in [-0.3, -0.25) is 5.32 Å². The zero-order chi connectivity index (χ0) is 57.6. The van der Waals surface area contributed by atoms with Crippen molar-refractivity contribution in [3.63, 3.8) is 0 Å². The first-order valence-electron chi connectivity index (χ1n) is 27.9. The number of aliphatic imine (C=N–C) groups is 1. The average molecular weight is 1080 g/mol. The smallest absolute Gasteiger partial charge is 0.411 e. The lowest BCUT2D eigenvalue weighted by Crippen LogP contribution is -2.22. The van der Waals surface area contributed by atoms with E-state index in [-0.39, 0.29) is 14.6 Å². The van der Waals surface area contributed by atoms with Crippen LogP contribution in [0, 0.1) is 27.7 Å². The van der Waals surface area contributed by atoms with E-state index in [1.165, 1.54) is 11.2 Å². The van der Waals surface area contributed by atoms with Crippen molar-refractivity contribution in [1.82, 2.24) is 38.6 Å². The van der Waals surface area contributed by atoms with Crippen molar-refractivity contribution in [2.75, 3.05) is 54.5 Å². The standard InChI is InChI=1S/C23H30N4O2.C12H16N2O.C11H14N2O.C10H12N2.C8H8N2.H/c1-5-26(6-2)18-12-13-19(17(4)16-18)25-23(28)29-15-14-22-24-20-10-8-9-11-21(20)27(22)7-3;1-4-14(5-2)11-6-7-12(13-9-15)10(3)8-11;1-2-13-10-6-4-3-5-9(10)12-11(13)7-8-14;1-3-12-8(2)11-9-6-4-5-7-10(9)12;1-6-9-7-4-2-3-5-8(7)10-6;/h8-13,16H,5-7,14-15H2,1-4H3,(H,25,28);6-8H,4-5H2,1-3H3;3-6,14H,2,7-8H2,1H3;4-7H,3H2,1-2H3;2-5H,1H3,(H,9,10);/q;;;;;-1/i;;;;;1+1. The Bertz CT molecular complexity index is 3570. The minimum absolute atomic E-state index is 0. The summed E-state index contributed by atoms with van der Waals surface area (Å²) in [5, 5.41) is 11.8. The van der Waals surface area contributed by atoms with Gasteiger partial charge in [0, 0.05) is 75.7 Å². The van der Waals surface area contributed by atoms with Gasteiger partial charge in [-0.1, -0.05) is 48.5 Å². The van der Waals surface area contributed by atoms with Crippen LogP contribution in [0.4, 0.5) is 27.5 Å². The van der Waals surface area contributed by atoms with E-state index in [1.54, 1.807) is 6.08 Å². The van der Waals surface area contributed by atoms with Crippen LogP contribution in [0.1, 0.15) is 84.3 Å². The Morgan fingerprint density at radius 1 is 0.600 bits per heavy atom. The Morgan fingerprint density at radius 3 is 1.56 bits per heavy atom. The highest BCUT2D eigenvalue weighted by Crippen LogP contribution is 2.26. The van der Waals surface area contributed by atoms with Crippen LogP contribution < -0.4 is 15.1 Å². The average Bonchev–Trinajstić information content (AvgIpc) is 4.30. The molecule has 0 radical (unpaired) electrons. The maximum Gasteiger partial charge on any atom is 0.411 e. The molecule has 0 bridgehead atoms. The Kier molecular flexibility index (Phi) is 23.1. The van der Waals surface area contributed by atoms with E-state index in [0.29, 0.717) is 18.5 Å². The number of aromatic nitrogens is 8. The molecule has 0 aliphatic rings. The molecule has 3 N–H and O–H groups in total. The number of aromatic amines is 1. The number of amides is 1. The normalized spacial score (nSPS) is 10.6. The Balaban J connectivity index is 0.000000197. The predicted octanol–water partition coefficient (Wildman–Crippen LogP) is 13.7. The number of hydrogen-bond donors (Lipinski definition) is 3. The molecule has 16 heteroatoms. The summed E-state index contributed by atoms with van der Waals surface area (Å²) in [5.41, 5.74) is 14.5. The van der Waals surface area contributed by atoms with E-state index in [0.717, 1.165) is 130 Å². The molecule has 4 heterocycles. The summed E-state index contributed by atoms with van der Waals surface area (Å²) in [6.45, 7) is 29.8. The van der Waals surface area contributed by atoms with E-state index in [2.05, 4.69) is 144 Å². The number of H-pyrrole nitrogens is 1. The molecule has 0 atom stereocenters. The van der Waals surface area contributed by atoms with E-state index in [1.807, 2.05) is 125 Å². The molecule has 0 aliphatic carbocycles. The van der Waals surface area contributed by atoms with Gasteiger partial charge in [0.2, 0.25) is 6.08 Å². The zero-order valence-electron chi connectivity index (χ0n) is 49.6. The summed E-state index contributed by atoms with van der Waals surface area (Å²) in [6.07, 6.45) is 2.33. The number of ether oxygens (including phenoxy) is 1. The highest BCUT2D eigenvalue weighted by Gasteiger charge is 2.13. The van der Waals surface area contributed by atoms with Crippen LogP contribution in [-0.2, 0) is 42.0 Å². The number of fused-ring (bicyclic) bond motifs is 4. The van der Waals surface area contributed by atoms with Gasteiger partial charge >= 0.3 is 6.09 Å². The minimum atomic E-state index is -0.442. The molecule has 422 valence electrons. The number of anilines is 3. The van der Waals surface area contributed by atoms with E-state index in [9.17, 15) is 9.59 Å². The molecule has 10 rings (SSSR count). The molecule has 6 aromatic carbocycles. The molecule has 0 aliphatic heterocycles. The SMILES string of the molecule is CCN(CC)c1ccc(N=C=O)c(C)c1.CCN(CC)c1ccc(NC(=O)OCCc2nc3ccccc3n2CC)c(C)c1.CCn1c(C)nc2ccccc21.CCn1c(CCO)nc2ccccc21.Cc1nc2ccccc2[nH]1.[2H-]. The Morgan fingerprint density at radius 2 is 1.07 bits per heavy atom. The third kappa shape index (κ3) is 15.8. The van der Waals surface area contributed by atoms with Crippen LogP contribution in [-0.4, -0.2) is 95.3 Å². The zero-order valence-corrected chi connectivity index (χ0v) is 48.6. The highest BCUT2D eigenvalue weighted by atomic mass is 16.5. The number of hydrogen-bond acceptors (Lipinski definition) is 11. The summed E-state index contributed by atoms with van der Waals surface area (Å²) in [5.74, 6) is 3.97. The van der Waals surface area contributed by atoms with Crippen molar-refractivity contribution in [2.24, 2.45) is 4.99 Å². The van der Waals surface area contributed by atoms with Crippen LogP contribution >= 0.6 is 0 Å². The van der Waals surface area contributed by atoms with Gasteiger partial charge < -0.3 is 39.8 Å². The van der Waals surface area contributed by atoms with Gasteiger partial charge in [-0.25, -0.2) is 29.5 Å². The molecule has 0 spiro atoms. The third-order valence-corrected chi connectivity index (χ3v) is 13.7. The fourth-order valence-electron chi connectivity index (χ4n) is 9.67. The van der Waals surface area contributed by atoms with Gasteiger partial charge in [0.1, 0.15) is 29.9 Å². The lowest BCUT2D eigenvalue weighted by molar-refractivity contribution is 0.162. The summed E-state index contributed by atoms with van der Waals surface area (Å²) in [6, 6.07) is 44.3. The molecule has 0 saturated carbocycles. The van der Waals surface area contributed by atoms with Gasteiger partial charge in [0.05, 0.1) is 56.4 Å². The molecule has 0 fully saturated rings. The van der Waals surface area contributed by atoms with Crippen molar-refractivity contribution in [2.45, 2.75) is 109 Å². The molecule has 80 heavy (non-hydrogen) atoms. The van der Waals surface area contributed by atoms with Crippen molar-refractivity contribution in [3.8, 4) is 0 Å². The number of aryl methyl sites for hydroxylation is 7. The van der Waals surface area contributed by atoms with Gasteiger partial charge in [-0.2, -0.15) is 4.99 Å². The molecule has 10 aromatic rings. The molecule has 4 aromatic heterocycles. The minimum Gasteiger partial charge on any atom is -1.00 e. The lowest BCUT2D eigenvalue weighted by atomic mass is 10.1. The number of carbonyl (C=O) groups excluding carboxylic acids is 2. The molecule has 16 nitrogen and oxygen atoms in total. The van der Waals surface area contributed by atoms with Crippen LogP contribution in [0.2, 0.25) is 0 Å². The first-order valence-corrected chi connectivity index (χ1v) is 27.9. The van der Waals surface area contributed by atoms with Crippen LogP contribution in [0.3, 0.4) is 0 Å². The number of para-hydroxylation sites is 8. The van der Waals surface area contributed by atoms with E-state index >= 15 is 0 Å². The van der Waals surface area contributed by atoms with Crippen molar-refractivity contribution in [3.05, 3.63) is 168 Å². The number of nitrogens with one attached hydrogen (secondary N) is 2. The molecule has 0 saturated heterocycles. The van der Waals surface area contributed by atoms with E-state index in [4.69, 9.17) is 9.84 Å².